The standard InChI is InChI=1S/C51H30N4/c1-3-17-37-33(13-1)35-15-5-7-19-39(35)45-29-31(25-27-41(37)45)49-52-50(54-51(53-49)55-47-23-11-9-21-43(47)44-22-10-12-24-48(44)55)32-26-28-42-38-18-4-2-14-34(38)36-16-6-8-20-40(36)46(42)30-32/h1-30H. The van der Waals surface area contributed by atoms with Gasteiger partial charge in [-0.2, -0.15) is 9.97 Å². The molecule has 0 aliphatic carbocycles. The van der Waals surface area contributed by atoms with Gasteiger partial charge >= 0.3 is 0 Å². The average Bonchev–Trinajstić information content (AvgIpc) is 3.60. The van der Waals surface area contributed by atoms with Gasteiger partial charge in [0.15, 0.2) is 11.6 Å². The first-order valence-corrected chi connectivity index (χ1v) is 18.7. The Morgan fingerprint density at radius 1 is 0.255 bits per heavy atom. The van der Waals surface area contributed by atoms with E-state index in [2.05, 4.69) is 187 Å². The molecule has 0 N–H and O–H groups in total. The van der Waals surface area contributed by atoms with Crippen molar-refractivity contribution in [3.05, 3.63) is 182 Å². The van der Waals surface area contributed by atoms with Crippen molar-refractivity contribution in [2.45, 2.75) is 0 Å². The van der Waals surface area contributed by atoms with E-state index in [0.29, 0.717) is 17.6 Å². The van der Waals surface area contributed by atoms with E-state index in [1.807, 2.05) is 0 Å². The number of nitrogens with zero attached hydrogens (tertiary/aromatic N) is 4. The van der Waals surface area contributed by atoms with Crippen LogP contribution in [0.1, 0.15) is 0 Å². The monoisotopic (exact) mass is 698 g/mol. The Labute approximate surface area is 315 Å². The van der Waals surface area contributed by atoms with Gasteiger partial charge in [0.05, 0.1) is 11.0 Å². The van der Waals surface area contributed by atoms with Crippen molar-refractivity contribution in [2.24, 2.45) is 0 Å². The fourth-order valence-electron chi connectivity index (χ4n) is 8.95. The van der Waals surface area contributed by atoms with Crippen molar-refractivity contribution in [1.82, 2.24) is 19.5 Å². The Balaban J connectivity index is 1.16. The Hall–Kier alpha value is -7.43. The van der Waals surface area contributed by atoms with Crippen molar-refractivity contribution in [2.75, 3.05) is 0 Å². The van der Waals surface area contributed by atoms with Crippen LogP contribution in [-0.2, 0) is 0 Å². The largest absolute Gasteiger partial charge is 0.278 e. The van der Waals surface area contributed by atoms with Crippen LogP contribution in [0, 0.1) is 0 Å². The quantitative estimate of drug-likeness (QED) is 0.173. The van der Waals surface area contributed by atoms with Crippen LogP contribution in [-0.4, -0.2) is 19.5 Å². The fraction of sp³-hybridized carbons (Fsp3) is 0. The van der Waals surface area contributed by atoms with Gasteiger partial charge in [-0.25, -0.2) is 4.98 Å². The molecule has 10 aromatic carbocycles. The molecule has 0 saturated carbocycles. The summed E-state index contributed by atoms with van der Waals surface area (Å²) in [4.78, 5) is 15.9. The van der Waals surface area contributed by atoms with Gasteiger partial charge in [-0.05, 0) is 88.9 Å². The molecule has 12 rings (SSSR count). The summed E-state index contributed by atoms with van der Waals surface area (Å²) in [5.74, 6) is 1.85. The molecular formula is C51H30N4. The smallest absolute Gasteiger partial charge is 0.238 e. The predicted molar refractivity (Wildman–Crippen MR) is 230 cm³/mol. The summed E-state index contributed by atoms with van der Waals surface area (Å²) in [6, 6.07) is 65.1. The van der Waals surface area contributed by atoms with Gasteiger partial charge in [0.1, 0.15) is 0 Å². The highest BCUT2D eigenvalue weighted by Gasteiger charge is 2.19. The number of hydrogen-bond donors (Lipinski definition) is 0. The van der Waals surface area contributed by atoms with E-state index >= 15 is 0 Å². The van der Waals surface area contributed by atoms with Gasteiger partial charge in [0, 0.05) is 21.9 Å². The van der Waals surface area contributed by atoms with Crippen molar-refractivity contribution >= 4 is 86.4 Å². The Kier molecular flexibility index (Phi) is 6.31. The number of fused-ring (bicyclic) bond motifs is 15. The molecule has 4 nitrogen and oxygen atoms in total. The molecule has 12 aromatic rings. The highest BCUT2D eigenvalue weighted by atomic mass is 15.2. The van der Waals surface area contributed by atoms with Crippen LogP contribution >= 0.6 is 0 Å². The molecule has 0 bridgehead atoms. The van der Waals surface area contributed by atoms with Gasteiger partial charge in [0.25, 0.3) is 0 Å². The zero-order valence-corrected chi connectivity index (χ0v) is 29.6. The lowest BCUT2D eigenvalue weighted by Crippen LogP contribution is -2.06. The fourth-order valence-corrected chi connectivity index (χ4v) is 8.95. The van der Waals surface area contributed by atoms with Crippen LogP contribution in [0.2, 0.25) is 0 Å². The summed E-state index contributed by atoms with van der Waals surface area (Å²) in [5, 5.41) is 17.0. The molecule has 4 heteroatoms. The summed E-state index contributed by atoms with van der Waals surface area (Å²) in [6.07, 6.45) is 0. The van der Waals surface area contributed by atoms with Gasteiger partial charge in [-0.15, -0.1) is 0 Å². The average molecular weight is 699 g/mol. The van der Waals surface area contributed by atoms with E-state index in [-0.39, 0.29) is 0 Å². The molecule has 0 saturated heterocycles. The number of benzene rings is 10. The zero-order chi connectivity index (χ0) is 36.0. The maximum Gasteiger partial charge on any atom is 0.238 e. The molecule has 2 aromatic heterocycles. The summed E-state index contributed by atoms with van der Waals surface area (Å²) in [5.41, 5.74) is 3.99. The molecule has 0 spiro atoms. The van der Waals surface area contributed by atoms with Crippen LogP contribution < -0.4 is 0 Å². The first-order valence-electron chi connectivity index (χ1n) is 18.7. The van der Waals surface area contributed by atoms with Crippen LogP contribution in [0.25, 0.3) is 115 Å². The molecule has 2 heterocycles. The molecule has 254 valence electrons. The summed E-state index contributed by atoms with van der Waals surface area (Å²) >= 11 is 0. The molecule has 0 aliphatic heterocycles. The highest BCUT2D eigenvalue weighted by Crippen LogP contribution is 2.39. The van der Waals surface area contributed by atoms with E-state index in [0.717, 1.165) is 32.9 Å². The topological polar surface area (TPSA) is 43.6 Å². The maximum atomic E-state index is 5.32. The molecule has 0 amide bonds. The maximum absolute atomic E-state index is 5.32. The third-order valence-corrected chi connectivity index (χ3v) is 11.4. The van der Waals surface area contributed by atoms with E-state index in [4.69, 9.17) is 15.0 Å². The summed E-state index contributed by atoms with van der Waals surface area (Å²) in [7, 11) is 0. The molecule has 0 aliphatic rings. The van der Waals surface area contributed by atoms with E-state index in [9.17, 15) is 0 Å². The van der Waals surface area contributed by atoms with Gasteiger partial charge in [0.2, 0.25) is 5.95 Å². The van der Waals surface area contributed by atoms with Gasteiger partial charge in [-0.3, -0.25) is 4.57 Å². The molecule has 0 radical (unpaired) electrons. The van der Waals surface area contributed by atoms with Crippen molar-refractivity contribution in [3.63, 3.8) is 0 Å². The third-order valence-electron chi connectivity index (χ3n) is 11.4. The molecule has 0 unspecified atom stereocenters. The van der Waals surface area contributed by atoms with Crippen LogP contribution in [0.15, 0.2) is 182 Å². The first kappa shape index (κ1) is 30.1. The number of hydrogen-bond acceptors (Lipinski definition) is 3. The van der Waals surface area contributed by atoms with Crippen LogP contribution in [0.3, 0.4) is 0 Å². The van der Waals surface area contributed by atoms with Crippen LogP contribution in [0.5, 0.6) is 0 Å². The number of para-hydroxylation sites is 2. The summed E-state index contributed by atoms with van der Waals surface area (Å²) in [6.45, 7) is 0. The van der Waals surface area contributed by atoms with Crippen molar-refractivity contribution in [3.8, 4) is 28.7 Å². The number of aromatic nitrogens is 4. The minimum atomic E-state index is 0.587. The third kappa shape index (κ3) is 4.43. The molecular weight excluding hydrogens is 669 g/mol. The highest BCUT2D eigenvalue weighted by molar-refractivity contribution is 6.27. The lowest BCUT2D eigenvalue weighted by atomic mass is 9.93. The first-order chi connectivity index (χ1) is 27.3. The zero-order valence-electron chi connectivity index (χ0n) is 29.6. The molecule has 0 atom stereocenters. The van der Waals surface area contributed by atoms with Crippen molar-refractivity contribution in [1.29, 1.82) is 0 Å². The van der Waals surface area contributed by atoms with E-state index in [1.165, 1.54) is 64.6 Å². The predicted octanol–water partition coefficient (Wildman–Crippen LogP) is 13.2. The van der Waals surface area contributed by atoms with Gasteiger partial charge in [-0.1, -0.05) is 158 Å². The minimum Gasteiger partial charge on any atom is -0.278 e. The van der Waals surface area contributed by atoms with E-state index < -0.39 is 0 Å². The van der Waals surface area contributed by atoms with Crippen LogP contribution in [0.4, 0.5) is 0 Å². The number of rotatable bonds is 3. The Morgan fingerprint density at radius 2 is 0.545 bits per heavy atom. The molecule has 0 fully saturated rings. The minimum absolute atomic E-state index is 0.587. The molecule has 55 heavy (non-hydrogen) atoms. The lowest BCUT2D eigenvalue weighted by Gasteiger charge is -2.14. The Bertz CT molecular complexity index is 3260. The summed E-state index contributed by atoms with van der Waals surface area (Å²) < 4.78 is 2.19. The van der Waals surface area contributed by atoms with Crippen molar-refractivity contribution < 1.29 is 0 Å². The van der Waals surface area contributed by atoms with Gasteiger partial charge < -0.3 is 0 Å². The Morgan fingerprint density at radius 3 is 0.909 bits per heavy atom. The SMILES string of the molecule is c1ccc2c(c1)c1ccccc1c1cc(-c3nc(-c4ccc5c6ccccc6c6ccccc6c5c4)nc(-n4c5ccccc5c5ccccc54)n3)ccc21. The lowest BCUT2D eigenvalue weighted by molar-refractivity contribution is 0.954. The second-order valence-electron chi connectivity index (χ2n) is 14.4. The normalized spacial score (nSPS) is 12.0. The van der Waals surface area contributed by atoms with E-state index in [1.54, 1.807) is 0 Å². The second-order valence-corrected chi connectivity index (χ2v) is 14.4. The second kappa shape index (κ2) is 11.5.